The van der Waals surface area contributed by atoms with Gasteiger partial charge in [0.05, 0.1) is 39.9 Å². The maximum Gasteiger partial charge on any atom is 0.268 e. The van der Waals surface area contributed by atoms with Gasteiger partial charge in [-0.25, -0.2) is 0 Å². The zero-order chi connectivity index (χ0) is 53.5. The molecule has 0 aliphatic heterocycles. The van der Waals surface area contributed by atoms with Crippen LogP contribution in [0.1, 0.15) is 226 Å². The number of aliphatic hydroxyl groups is 1. The van der Waals surface area contributed by atoms with Crippen LogP contribution in [-0.2, 0) is 18.4 Å². The number of nitrogens with one attached hydrogen (secondary N) is 1. The van der Waals surface area contributed by atoms with E-state index in [9.17, 15) is 19.4 Å². The van der Waals surface area contributed by atoms with Crippen molar-refractivity contribution in [3.63, 3.8) is 0 Å². The van der Waals surface area contributed by atoms with Crippen molar-refractivity contribution in [3.05, 3.63) is 122 Å². The Balaban J connectivity index is 4.16. The summed E-state index contributed by atoms with van der Waals surface area (Å²) in [7, 11) is 1.22. The summed E-state index contributed by atoms with van der Waals surface area (Å²) in [6.07, 6.45) is 80.0. The zero-order valence-electron chi connectivity index (χ0n) is 47.5. The van der Waals surface area contributed by atoms with E-state index in [2.05, 4.69) is 129 Å². The molecule has 0 aromatic heterocycles. The largest absolute Gasteiger partial charge is 0.756 e. The van der Waals surface area contributed by atoms with Crippen LogP contribution in [0.4, 0.5) is 0 Å². The zero-order valence-corrected chi connectivity index (χ0v) is 48.4. The smallest absolute Gasteiger partial charge is 0.268 e. The van der Waals surface area contributed by atoms with Gasteiger partial charge in [-0.15, -0.1) is 0 Å². The number of carbonyl (C=O) groups is 1. The minimum atomic E-state index is -4.61. The maximum atomic E-state index is 13.0. The number of rotatable bonds is 52. The van der Waals surface area contributed by atoms with Crippen molar-refractivity contribution in [1.82, 2.24) is 5.32 Å². The number of likely N-dealkylation sites (N-methyl/N-ethyl adjacent to an activating group) is 1. The number of phosphoric acid groups is 1. The Kier molecular flexibility index (Phi) is 51.4. The number of allylic oxidation sites excluding steroid dienone is 19. The van der Waals surface area contributed by atoms with Gasteiger partial charge >= 0.3 is 0 Å². The number of phosphoric ester groups is 1. The summed E-state index contributed by atoms with van der Waals surface area (Å²) >= 11 is 0. The lowest BCUT2D eigenvalue weighted by Crippen LogP contribution is -2.45. The molecule has 0 aromatic carbocycles. The van der Waals surface area contributed by atoms with Crippen molar-refractivity contribution >= 4 is 13.7 Å². The predicted octanol–water partition coefficient (Wildman–Crippen LogP) is 17.5. The molecule has 3 unspecified atom stereocenters. The average Bonchev–Trinajstić information content (AvgIpc) is 3.35. The van der Waals surface area contributed by atoms with Gasteiger partial charge in [0.15, 0.2) is 0 Å². The standard InChI is InChI=1S/C64H111N2O6P/c1-6-8-10-12-14-16-18-20-22-24-25-26-27-28-29-30-31-32-33-34-35-36-37-38-39-40-41-42-44-46-48-50-52-54-56-58-64(68)65-62(61-72-73(69,70)71-60-59-66(3,4)5)63(67)57-55-53-51-49-47-45-43-23-21-19-17-15-13-11-9-7-2/h8,10,14,16,20-23,25-26,28-29,31-32,34-35,47,49,55,57,62-63,67H,6-7,9,11-13,15,17-19,24,27,30,33,36-46,48,50-54,56,58-61H2,1-5H3,(H-,65,68,69,70)/b10-8-,16-14-,22-20-,23-21+,26-25-,29-28-,32-31-,35-34-,49-47+,57-55+. The third-order valence-electron chi connectivity index (χ3n) is 12.4. The molecule has 1 amide bonds. The Morgan fingerprint density at radius 1 is 0.493 bits per heavy atom. The second-order valence-electron chi connectivity index (χ2n) is 20.6. The van der Waals surface area contributed by atoms with Crippen LogP contribution in [0.25, 0.3) is 0 Å². The molecule has 0 saturated heterocycles. The van der Waals surface area contributed by atoms with Gasteiger partial charge in [0, 0.05) is 6.42 Å². The summed E-state index contributed by atoms with van der Waals surface area (Å²) in [6.45, 7) is 4.48. The first-order chi connectivity index (χ1) is 35.5. The summed E-state index contributed by atoms with van der Waals surface area (Å²) < 4.78 is 23.3. The maximum absolute atomic E-state index is 13.0. The fraction of sp³-hybridized carbons (Fsp3) is 0.672. The molecule has 0 bridgehead atoms. The van der Waals surface area contributed by atoms with Crippen LogP contribution in [0.3, 0.4) is 0 Å². The summed E-state index contributed by atoms with van der Waals surface area (Å²) in [5.41, 5.74) is 0. The van der Waals surface area contributed by atoms with Crippen LogP contribution < -0.4 is 10.2 Å². The van der Waals surface area contributed by atoms with E-state index in [1.165, 1.54) is 116 Å². The fourth-order valence-corrected chi connectivity index (χ4v) is 8.53. The van der Waals surface area contributed by atoms with Crippen LogP contribution in [-0.4, -0.2) is 68.5 Å². The molecule has 73 heavy (non-hydrogen) atoms. The summed E-state index contributed by atoms with van der Waals surface area (Å²) in [6, 6.07) is -0.918. The first kappa shape index (κ1) is 69.9. The van der Waals surface area contributed by atoms with Crippen LogP contribution in [0.5, 0.6) is 0 Å². The third-order valence-corrected chi connectivity index (χ3v) is 13.3. The van der Waals surface area contributed by atoms with E-state index >= 15 is 0 Å². The average molecular weight is 1040 g/mol. The number of aliphatic hydroxyl groups excluding tert-OH is 1. The van der Waals surface area contributed by atoms with Gasteiger partial charge in [0.2, 0.25) is 5.91 Å². The topological polar surface area (TPSA) is 108 Å². The first-order valence-corrected chi connectivity index (χ1v) is 30.9. The van der Waals surface area contributed by atoms with Gasteiger partial charge in [-0.1, -0.05) is 238 Å². The lowest BCUT2D eigenvalue weighted by atomic mass is 10.0. The van der Waals surface area contributed by atoms with Gasteiger partial charge in [0.25, 0.3) is 7.82 Å². The minimum absolute atomic E-state index is 0.0143. The van der Waals surface area contributed by atoms with E-state index in [0.717, 1.165) is 89.9 Å². The molecule has 0 fully saturated rings. The monoisotopic (exact) mass is 1030 g/mol. The molecule has 0 aliphatic carbocycles. The number of nitrogens with zero attached hydrogens (tertiary/aromatic N) is 1. The van der Waals surface area contributed by atoms with Crippen molar-refractivity contribution in [2.24, 2.45) is 0 Å². The Labute approximate surface area is 450 Å². The molecule has 0 radical (unpaired) electrons. The van der Waals surface area contributed by atoms with Crippen molar-refractivity contribution in [2.45, 2.75) is 238 Å². The molecule has 0 rings (SSSR count). The summed E-state index contributed by atoms with van der Waals surface area (Å²) in [4.78, 5) is 25.5. The highest BCUT2D eigenvalue weighted by Crippen LogP contribution is 2.38. The number of carbonyl (C=O) groups excluding carboxylic acids is 1. The van der Waals surface area contributed by atoms with Gasteiger partial charge in [0.1, 0.15) is 13.2 Å². The van der Waals surface area contributed by atoms with E-state index < -0.39 is 26.6 Å². The molecule has 0 heterocycles. The van der Waals surface area contributed by atoms with Crippen molar-refractivity contribution in [2.75, 3.05) is 40.9 Å². The molecule has 0 spiro atoms. The third kappa shape index (κ3) is 56.5. The molecule has 8 nitrogen and oxygen atoms in total. The predicted molar refractivity (Wildman–Crippen MR) is 315 cm³/mol. The fourth-order valence-electron chi connectivity index (χ4n) is 7.81. The highest BCUT2D eigenvalue weighted by atomic mass is 31.2. The van der Waals surface area contributed by atoms with Crippen LogP contribution >= 0.6 is 7.82 Å². The van der Waals surface area contributed by atoms with Gasteiger partial charge < -0.3 is 28.8 Å². The molecule has 0 saturated carbocycles. The van der Waals surface area contributed by atoms with Crippen LogP contribution in [0, 0.1) is 0 Å². The summed E-state index contributed by atoms with van der Waals surface area (Å²) in [5.74, 6) is -0.218. The van der Waals surface area contributed by atoms with Crippen LogP contribution in [0.2, 0.25) is 0 Å². The highest BCUT2D eigenvalue weighted by molar-refractivity contribution is 7.45. The van der Waals surface area contributed by atoms with E-state index in [1.807, 2.05) is 27.2 Å². The number of quaternary nitrogens is 1. The second-order valence-corrected chi connectivity index (χ2v) is 22.0. The van der Waals surface area contributed by atoms with Crippen molar-refractivity contribution in [1.29, 1.82) is 0 Å². The molecule has 0 aromatic rings. The van der Waals surface area contributed by atoms with Crippen molar-refractivity contribution < 1.29 is 32.9 Å². The molecular weight excluding hydrogens is 924 g/mol. The summed E-state index contributed by atoms with van der Waals surface area (Å²) in [5, 5.41) is 13.8. The SMILES string of the molecule is CC/C=C\C/C=C\C/C=C\C/C=C\C/C=C\C/C=C\C/C=C\CCCCCCCCCCCCCCCC(=O)NC(COP(=O)([O-])OCC[N+](C)(C)C)C(O)/C=C/CC/C=C/CC/C=C/CCCCCCCC. The lowest BCUT2D eigenvalue weighted by Gasteiger charge is -2.29. The van der Waals surface area contributed by atoms with Crippen molar-refractivity contribution in [3.8, 4) is 0 Å². The van der Waals surface area contributed by atoms with Crippen LogP contribution in [0.15, 0.2) is 122 Å². The molecule has 0 aliphatic rings. The van der Waals surface area contributed by atoms with Gasteiger partial charge in [-0.2, -0.15) is 0 Å². The Hall–Kier alpha value is -3.10. The number of amides is 1. The number of hydrogen-bond acceptors (Lipinski definition) is 6. The van der Waals surface area contributed by atoms with E-state index in [0.29, 0.717) is 17.4 Å². The second kappa shape index (κ2) is 53.7. The number of hydrogen-bond donors (Lipinski definition) is 2. The Morgan fingerprint density at radius 3 is 1.27 bits per heavy atom. The molecule has 9 heteroatoms. The lowest BCUT2D eigenvalue weighted by molar-refractivity contribution is -0.870. The number of unbranched alkanes of at least 4 members (excludes halogenated alkanes) is 21. The van der Waals surface area contributed by atoms with Gasteiger partial charge in [-0.3, -0.25) is 9.36 Å². The first-order valence-electron chi connectivity index (χ1n) is 29.4. The quantitative estimate of drug-likeness (QED) is 0.0272. The molecule has 2 N–H and O–H groups in total. The van der Waals surface area contributed by atoms with E-state index in [-0.39, 0.29) is 12.5 Å². The normalized spacial score (nSPS) is 14.8. The molecular formula is C64H111N2O6P. The van der Waals surface area contributed by atoms with E-state index in [1.54, 1.807) is 6.08 Å². The van der Waals surface area contributed by atoms with Gasteiger partial charge in [-0.05, 0) is 103 Å². The molecule has 418 valence electrons. The highest BCUT2D eigenvalue weighted by Gasteiger charge is 2.23. The Bertz CT molecular complexity index is 1600. The molecule has 3 atom stereocenters. The minimum Gasteiger partial charge on any atom is -0.756 e. The van der Waals surface area contributed by atoms with E-state index in [4.69, 9.17) is 9.05 Å². The Morgan fingerprint density at radius 2 is 0.849 bits per heavy atom.